The van der Waals surface area contributed by atoms with Crippen molar-refractivity contribution in [3.8, 4) is 11.5 Å². The molecule has 0 saturated heterocycles. The Kier molecular flexibility index (Phi) is 6.67. The van der Waals surface area contributed by atoms with Crippen LogP contribution in [0, 0.1) is 6.92 Å². The lowest BCUT2D eigenvalue weighted by atomic mass is 10.0. The molecule has 0 aliphatic heterocycles. The van der Waals surface area contributed by atoms with Gasteiger partial charge in [-0.3, -0.25) is 4.79 Å². The Hall–Kier alpha value is -2.49. The number of H-pyrrole nitrogens is 1. The lowest BCUT2D eigenvalue weighted by Gasteiger charge is -2.11. The number of ether oxygens (including phenoxy) is 2. The van der Waals surface area contributed by atoms with Crippen LogP contribution < -0.4 is 14.9 Å². The van der Waals surface area contributed by atoms with Gasteiger partial charge in [-0.2, -0.15) is 0 Å². The number of rotatable bonds is 7. The first-order valence-corrected chi connectivity index (χ1v) is 8.93. The number of allylic oxidation sites excluding steroid dienone is 4. The Morgan fingerprint density at radius 3 is 2.35 bits per heavy atom. The lowest BCUT2D eigenvalue weighted by molar-refractivity contribution is 0.355. The number of aromatic amines is 1. The van der Waals surface area contributed by atoms with Crippen molar-refractivity contribution in [3.63, 3.8) is 0 Å². The summed E-state index contributed by atoms with van der Waals surface area (Å²) in [6.07, 6.45) is 7.08. The zero-order valence-corrected chi connectivity index (χ0v) is 16.7. The van der Waals surface area contributed by atoms with E-state index in [-0.39, 0.29) is 5.43 Å². The number of fused-ring (bicyclic) bond motifs is 1. The molecule has 0 bridgehead atoms. The summed E-state index contributed by atoms with van der Waals surface area (Å²) in [5.41, 5.74) is 5.13. The topological polar surface area (TPSA) is 51.3 Å². The van der Waals surface area contributed by atoms with Gasteiger partial charge in [-0.25, -0.2) is 0 Å². The van der Waals surface area contributed by atoms with E-state index in [1.54, 1.807) is 20.3 Å². The molecule has 26 heavy (non-hydrogen) atoms. The van der Waals surface area contributed by atoms with E-state index in [1.165, 1.54) is 11.1 Å². The molecule has 0 amide bonds. The largest absolute Gasteiger partial charge is 0.493 e. The summed E-state index contributed by atoms with van der Waals surface area (Å²) in [6.45, 7) is 8.29. The van der Waals surface area contributed by atoms with E-state index in [1.807, 2.05) is 13.0 Å². The van der Waals surface area contributed by atoms with Crippen LogP contribution in [0.25, 0.3) is 10.9 Å². The third-order valence-corrected chi connectivity index (χ3v) is 4.56. The summed E-state index contributed by atoms with van der Waals surface area (Å²) in [4.78, 5) is 16.3. The second kappa shape index (κ2) is 8.75. The number of nitrogens with one attached hydrogen (secondary N) is 1. The van der Waals surface area contributed by atoms with Crippen LogP contribution >= 0.6 is 0 Å². The molecule has 0 atom stereocenters. The maximum Gasteiger partial charge on any atom is 0.193 e. The molecule has 0 aliphatic rings. The number of methoxy groups -OCH3 is 2. The van der Waals surface area contributed by atoms with Gasteiger partial charge in [-0.1, -0.05) is 23.3 Å². The average molecular weight is 355 g/mol. The number of pyridine rings is 1. The van der Waals surface area contributed by atoms with E-state index in [0.717, 1.165) is 29.6 Å². The second-order valence-electron chi connectivity index (χ2n) is 6.89. The van der Waals surface area contributed by atoms with E-state index < -0.39 is 0 Å². The van der Waals surface area contributed by atoms with Crippen molar-refractivity contribution in [2.45, 2.75) is 47.0 Å². The first-order chi connectivity index (χ1) is 12.4. The summed E-state index contributed by atoms with van der Waals surface area (Å²) < 4.78 is 10.7. The predicted octanol–water partition coefficient (Wildman–Crippen LogP) is 5.09. The molecule has 140 valence electrons. The molecule has 0 fully saturated rings. The monoisotopic (exact) mass is 355 g/mol. The van der Waals surface area contributed by atoms with Crippen molar-refractivity contribution in [3.05, 3.63) is 56.9 Å². The molecule has 1 aromatic heterocycles. The van der Waals surface area contributed by atoms with Crippen molar-refractivity contribution < 1.29 is 9.47 Å². The average Bonchev–Trinajstić information content (AvgIpc) is 2.60. The van der Waals surface area contributed by atoms with E-state index in [4.69, 9.17) is 9.47 Å². The molecule has 4 heteroatoms. The Morgan fingerprint density at radius 1 is 1.08 bits per heavy atom. The SMILES string of the molecule is COc1cc2[nH]c(C)c(C/C=C(\C)CCC=C(C)C)c(=O)c2cc1OC. The molecule has 4 nitrogen and oxygen atoms in total. The molecule has 2 rings (SSSR count). The zero-order chi connectivity index (χ0) is 19.3. The molecule has 0 unspecified atom stereocenters. The van der Waals surface area contributed by atoms with E-state index in [9.17, 15) is 4.79 Å². The fourth-order valence-electron chi connectivity index (χ4n) is 2.99. The molecule has 0 saturated carbocycles. The van der Waals surface area contributed by atoms with Crippen molar-refractivity contribution in [1.82, 2.24) is 4.98 Å². The Bertz CT molecular complexity index is 900. The number of hydrogen-bond acceptors (Lipinski definition) is 3. The van der Waals surface area contributed by atoms with Gasteiger partial charge in [0.2, 0.25) is 0 Å². The van der Waals surface area contributed by atoms with Gasteiger partial charge in [0.15, 0.2) is 16.9 Å². The standard InChI is InChI=1S/C22H29NO3/c1-14(2)8-7-9-15(3)10-11-17-16(4)23-19-13-21(26-6)20(25-5)12-18(19)22(17)24/h8,10,12-13H,7,9,11H2,1-6H3,(H,23,24)/b15-10+. The summed E-state index contributed by atoms with van der Waals surface area (Å²) in [6, 6.07) is 3.56. The molecule has 0 radical (unpaired) electrons. The van der Waals surface area contributed by atoms with Crippen LogP contribution in [-0.2, 0) is 6.42 Å². The third kappa shape index (κ3) is 4.57. The Labute approximate surface area is 155 Å². The van der Waals surface area contributed by atoms with E-state index in [0.29, 0.717) is 23.3 Å². The molecule has 0 aliphatic carbocycles. The molecular weight excluding hydrogens is 326 g/mol. The quantitative estimate of drug-likeness (QED) is 0.704. The fraction of sp³-hybridized carbons (Fsp3) is 0.409. The van der Waals surface area contributed by atoms with Crippen LogP contribution in [0.1, 0.15) is 44.9 Å². The number of hydrogen-bond donors (Lipinski definition) is 1. The van der Waals surface area contributed by atoms with Crippen LogP contribution in [0.15, 0.2) is 40.2 Å². The van der Waals surface area contributed by atoms with Gasteiger partial charge in [0.25, 0.3) is 0 Å². The first kappa shape index (κ1) is 19.8. The third-order valence-electron chi connectivity index (χ3n) is 4.56. The van der Waals surface area contributed by atoms with Gasteiger partial charge in [-0.15, -0.1) is 0 Å². The molecule has 1 N–H and O–H groups in total. The van der Waals surface area contributed by atoms with E-state index in [2.05, 4.69) is 37.9 Å². The molecule has 1 heterocycles. The molecule has 1 aromatic carbocycles. The minimum absolute atomic E-state index is 0.0468. The number of aromatic nitrogens is 1. The van der Waals surface area contributed by atoms with Crippen molar-refractivity contribution in [2.75, 3.05) is 14.2 Å². The molecular formula is C22H29NO3. The Balaban J connectivity index is 2.36. The summed E-state index contributed by atoms with van der Waals surface area (Å²) >= 11 is 0. The van der Waals surface area contributed by atoms with Crippen LogP contribution in [0.4, 0.5) is 0 Å². The second-order valence-corrected chi connectivity index (χ2v) is 6.89. The normalized spacial score (nSPS) is 11.5. The van der Waals surface area contributed by atoms with Gasteiger partial charge >= 0.3 is 0 Å². The van der Waals surface area contributed by atoms with Crippen molar-refractivity contribution in [2.24, 2.45) is 0 Å². The van der Waals surface area contributed by atoms with Crippen LogP contribution in [0.2, 0.25) is 0 Å². The lowest BCUT2D eigenvalue weighted by Crippen LogP contribution is -2.13. The summed E-state index contributed by atoms with van der Waals surface area (Å²) in [5.74, 6) is 1.17. The number of aryl methyl sites for hydroxylation is 1. The van der Waals surface area contributed by atoms with Gasteiger partial charge in [0.1, 0.15) is 0 Å². The summed E-state index contributed by atoms with van der Waals surface area (Å²) in [5, 5.41) is 0.624. The summed E-state index contributed by atoms with van der Waals surface area (Å²) in [7, 11) is 3.16. The fourth-order valence-corrected chi connectivity index (χ4v) is 2.99. The maximum atomic E-state index is 13.0. The van der Waals surface area contributed by atoms with Gasteiger partial charge < -0.3 is 14.5 Å². The number of benzene rings is 1. The zero-order valence-electron chi connectivity index (χ0n) is 16.7. The maximum absolute atomic E-state index is 13.0. The van der Waals surface area contributed by atoms with Gasteiger partial charge in [-0.05, 0) is 53.0 Å². The molecule has 0 spiro atoms. The van der Waals surface area contributed by atoms with Crippen LogP contribution in [-0.4, -0.2) is 19.2 Å². The highest BCUT2D eigenvalue weighted by molar-refractivity contribution is 5.83. The minimum Gasteiger partial charge on any atom is -0.493 e. The molecule has 2 aromatic rings. The smallest absolute Gasteiger partial charge is 0.193 e. The highest BCUT2D eigenvalue weighted by Gasteiger charge is 2.13. The van der Waals surface area contributed by atoms with Crippen LogP contribution in [0.3, 0.4) is 0 Å². The van der Waals surface area contributed by atoms with Crippen LogP contribution in [0.5, 0.6) is 11.5 Å². The first-order valence-electron chi connectivity index (χ1n) is 8.93. The van der Waals surface area contributed by atoms with E-state index >= 15 is 0 Å². The highest BCUT2D eigenvalue weighted by Crippen LogP contribution is 2.30. The van der Waals surface area contributed by atoms with Crippen molar-refractivity contribution in [1.29, 1.82) is 0 Å². The van der Waals surface area contributed by atoms with Crippen molar-refractivity contribution >= 4 is 10.9 Å². The Morgan fingerprint density at radius 2 is 1.73 bits per heavy atom. The predicted molar refractivity (Wildman–Crippen MR) is 109 cm³/mol. The minimum atomic E-state index is 0.0468. The van der Waals surface area contributed by atoms with Gasteiger partial charge in [0.05, 0.1) is 19.7 Å². The van der Waals surface area contributed by atoms with Gasteiger partial charge in [0, 0.05) is 22.7 Å². The highest BCUT2D eigenvalue weighted by atomic mass is 16.5.